The number of aliphatic imine (C=N–C) groups is 1. The number of anilines is 3. The van der Waals surface area contributed by atoms with E-state index in [1.165, 1.54) is 0 Å². The van der Waals surface area contributed by atoms with Crippen LogP contribution in [0.4, 0.5) is 22.7 Å². The van der Waals surface area contributed by atoms with Crippen LogP contribution in [0.3, 0.4) is 0 Å². The zero-order chi connectivity index (χ0) is 26.6. The van der Waals surface area contributed by atoms with Crippen LogP contribution in [0, 0.1) is 0 Å². The van der Waals surface area contributed by atoms with E-state index in [0.717, 1.165) is 22.4 Å². The predicted octanol–water partition coefficient (Wildman–Crippen LogP) is 8.53. The summed E-state index contributed by atoms with van der Waals surface area (Å²) in [6.45, 7) is 0. The molecular formula is C34H25N3O2Pt. The number of rotatable bonds is 6. The molecule has 1 aromatic heterocycles. The molecule has 198 valence electrons. The van der Waals surface area contributed by atoms with Gasteiger partial charge in [-0.15, -0.1) is 0 Å². The average Bonchev–Trinajstić information content (AvgIpc) is 2.98. The van der Waals surface area contributed by atoms with Gasteiger partial charge in [-0.3, -0.25) is 4.99 Å². The molecule has 0 spiro atoms. The Morgan fingerprint density at radius 3 is 1.95 bits per heavy atom. The molecule has 5 aromatic carbocycles. The Kier molecular flexibility index (Phi) is 8.04. The monoisotopic (exact) mass is 702 g/mol. The van der Waals surface area contributed by atoms with E-state index in [2.05, 4.69) is 20.9 Å². The van der Waals surface area contributed by atoms with E-state index in [0.29, 0.717) is 28.0 Å². The number of phenolic OH excluding ortho intramolecular Hbond substituents is 2. The first-order valence-electron chi connectivity index (χ1n) is 12.6. The SMILES string of the molecule is Oc1ccccc1-c1cccc(C=Nc2cccc3cc(N(c4ccccc4)c4ccccc4)cc(O)c23)n1.[Pt]. The molecule has 0 fully saturated rings. The smallest absolute Gasteiger partial charge is 0.127 e. The van der Waals surface area contributed by atoms with Gasteiger partial charge in [0.2, 0.25) is 0 Å². The fourth-order valence-corrected chi connectivity index (χ4v) is 4.71. The topological polar surface area (TPSA) is 69.0 Å². The molecule has 0 atom stereocenters. The fourth-order valence-electron chi connectivity index (χ4n) is 4.71. The van der Waals surface area contributed by atoms with Crippen molar-refractivity contribution in [1.29, 1.82) is 0 Å². The molecule has 6 aromatic rings. The third kappa shape index (κ3) is 5.51. The number of aromatic nitrogens is 1. The van der Waals surface area contributed by atoms with E-state index in [-0.39, 0.29) is 32.6 Å². The summed E-state index contributed by atoms with van der Waals surface area (Å²) in [6, 6.07) is 42.5. The Morgan fingerprint density at radius 2 is 1.25 bits per heavy atom. The maximum absolute atomic E-state index is 11.3. The molecule has 0 aliphatic heterocycles. The van der Waals surface area contributed by atoms with E-state index in [1.54, 1.807) is 24.4 Å². The number of fused-ring (bicyclic) bond motifs is 1. The largest absolute Gasteiger partial charge is 0.507 e. The van der Waals surface area contributed by atoms with Crippen LogP contribution in [0.25, 0.3) is 22.0 Å². The zero-order valence-corrected chi connectivity index (χ0v) is 23.6. The quantitative estimate of drug-likeness (QED) is 0.171. The molecule has 0 saturated heterocycles. The van der Waals surface area contributed by atoms with Crippen LogP contribution in [0.15, 0.2) is 138 Å². The minimum absolute atomic E-state index is 0. The minimum Gasteiger partial charge on any atom is -0.507 e. The molecule has 0 bridgehead atoms. The summed E-state index contributed by atoms with van der Waals surface area (Å²) in [4.78, 5) is 11.5. The molecule has 6 heteroatoms. The summed E-state index contributed by atoms with van der Waals surface area (Å²) in [5.41, 5.74) is 5.42. The Morgan fingerprint density at radius 1 is 0.600 bits per heavy atom. The number of hydrogen-bond donors (Lipinski definition) is 2. The molecule has 0 aliphatic carbocycles. The van der Waals surface area contributed by atoms with Gasteiger partial charge >= 0.3 is 0 Å². The molecule has 6 rings (SSSR count). The third-order valence-corrected chi connectivity index (χ3v) is 6.49. The summed E-state index contributed by atoms with van der Waals surface area (Å²) in [5.74, 6) is 0.317. The Labute approximate surface area is 247 Å². The van der Waals surface area contributed by atoms with Crippen LogP contribution >= 0.6 is 0 Å². The van der Waals surface area contributed by atoms with Crippen molar-refractivity contribution in [2.45, 2.75) is 0 Å². The normalized spacial score (nSPS) is 10.9. The maximum Gasteiger partial charge on any atom is 0.127 e. The fraction of sp³-hybridized carbons (Fsp3) is 0. The van der Waals surface area contributed by atoms with Crippen molar-refractivity contribution in [3.05, 3.63) is 139 Å². The molecule has 40 heavy (non-hydrogen) atoms. The number of aromatic hydroxyl groups is 2. The number of phenols is 2. The van der Waals surface area contributed by atoms with Gasteiger partial charge in [-0.25, -0.2) is 4.98 Å². The van der Waals surface area contributed by atoms with E-state index in [1.807, 2.05) is 109 Å². The summed E-state index contributed by atoms with van der Waals surface area (Å²) in [6.07, 6.45) is 1.67. The first kappa shape index (κ1) is 26.9. The van der Waals surface area contributed by atoms with E-state index < -0.39 is 0 Å². The minimum atomic E-state index is 0. The van der Waals surface area contributed by atoms with Crippen molar-refractivity contribution in [3.63, 3.8) is 0 Å². The second-order valence-corrected chi connectivity index (χ2v) is 9.07. The van der Waals surface area contributed by atoms with Gasteiger partial charge in [0.05, 0.1) is 29.0 Å². The first-order valence-corrected chi connectivity index (χ1v) is 12.6. The van der Waals surface area contributed by atoms with Crippen LogP contribution < -0.4 is 4.90 Å². The number of nitrogens with zero attached hydrogens (tertiary/aromatic N) is 3. The Hall–Kier alpha value is -4.73. The van der Waals surface area contributed by atoms with Crippen LogP contribution in [0.1, 0.15) is 5.69 Å². The maximum atomic E-state index is 11.3. The number of hydrogen-bond acceptors (Lipinski definition) is 5. The standard InChI is InChI=1S/C34H25N3O2.Pt/c38-32-20-8-7-17-29(32)30-18-10-12-25(36-30)23-35-31-19-9-11-24-21-28(22-33(39)34(24)31)37(26-13-3-1-4-14-26)27-15-5-2-6-16-27;/h1-23,38-39H;. The van der Waals surface area contributed by atoms with Crippen LogP contribution in [-0.4, -0.2) is 21.4 Å². The molecule has 0 aliphatic rings. The molecule has 1 heterocycles. The molecule has 5 nitrogen and oxygen atoms in total. The molecule has 0 radical (unpaired) electrons. The number of para-hydroxylation sites is 3. The molecule has 0 saturated carbocycles. The van der Waals surface area contributed by atoms with Gasteiger partial charge in [-0.2, -0.15) is 0 Å². The summed E-state index contributed by atoms with van der Waals surface area (Å²) in [7, 11) is 0. The van der Waals surface area contributed by atoms with Crippen LogP contribution in [0.5, 0.6) is 11.5 Å². The van der Waals surface area contributed by atoms with Crippen LogP contribution in [-0.2, 0) is 21.1 Å². The Bertz CT molecular complexity index is 1750. The van der Waals surface area contributed by atoms with Gasteiger partial charge in [-0.05, 0) is 66.0 Å². The second kappa shape index (κ2) is 12.0. The Balaban J connectivity index is 0.00000323. The molecule has 0 unspecified atom stereocenters. The van der Waals surface area contributed by atoms with Crippen molar-refractivity contribution in [3.8, 4) is 22.8 Å². The van der Waals surface area contributed by atoms with Gasteiger partial charge in [0.1, 0.15) is 11.5 Å². The van der Waals surface area contributed by atoms with Gasteiger partial charge in [0.25, 0.3) is 0 Å². The molecular weight excluding hydrogens is 677 g/mol. The zero-order valence-electron chi connectivity index (χ0n) is 21.3. The van der Waals surface area contributed by atoms with Crippen molar-refractivity contribution < 1.29 is 31.3 Å². The second-order valence-electron chi connectivity index (χ2n) is 9.07. The molecule has 0 amide bonds. The van der Waals surface area contributed by atoms with Gasteiger partial charge in [-0.1, -0.05) is 66.7 Å². The van der Waals surface area contributed by atoms with Gasteiger partial charge < -0.3 is 15.1 Å². The van der Waals surface area contributed by atoms with Crippen LogP contribution in [0.2, 0.25) is 0 Å². The van der Waals surface area contributed by atoms with Crippen molar-refractivity contribution in [2.24, 2.45) is 4.99 Å². The predicted molar refractivity (Wildman–Crippen MR) is 159 cm³/mol. The van der Waals surface area contributed by atoms with E-state index in [4.69, 9.17) is 0 Å². The number of pyridine rings is 1. The van der Waals surface area contributed by atoms with Crippen molar-refractivity contribution in [1.82, 2.24) is 4.98 Å². The summed E-state index contributed by atoms with van der Waals surface area (Å²) >= 11 is 0. The first-order chi connectivity index (χ1) is 19.2. The van der Waals surface area contributed by atoms with E-state index >= 15 is 0 Å². The van der Waals surface area contributed by atoms with Crippen molar-refractivity contribution >= 4 is 39.7 Å². The summed E-state index contributed by atoms with van der Waals surface area (Å²) in [5, 5.41) is 23.0. The van der Waals surface area contributed by atoms with E-state index in [9.17, 15) is 10.2 Å². The van der Waals surface area contributed by atoms with Crippen molar-refractivity contribution in [2.75, 3.05) is 4.90 Å². The van der Waals surface area contributed by atoms with Gasteiger partial charge in [0.15, 0.2) is 0 Å². The average molecular weight is 703 g/mol. The third-order valence-electron chi connectivity index (χ3n) is 6.49. The number of benzene rings is 5. The van der Waals surface area contributed by atoms with Gasteiger partial charge in [0, 0.05) is 49.5 Å². The molecule has 2 N–H and O–H groups in total. The summed E-state index contributed by atoms with van der Waals surface area (Å²) < 4.78 is 0.